The van der Waals surface area contributed by atoms with Gasteiger partial charge in [-0.3, -0.25) is 4.90 Å². The summed E-state index contributed by atoms with van der Waals surface area (Å²) in [7, 11) is 2.13. The fourth-order valence-electron chi connectivity index (χ4n) is 4.78. The van der Waals surface area contributed by atoms with Crippen molar-refractivity contribution in [3.05, 3.63) is 0 Å². The molecular weight excluding hydrogens is 224 g/mol. The average molecular weight is 250 g/mol. The van der Waals surface area contributed by atoms with Gasteiger partial charge < -0.3 is 10.1 Å². The molecule has 4 fully saturated rings. The molecule has 3 heterocycles. The lowest BCUT2D eigenvalue weighted by atomic mass is 9.92. The molecule has 3 nitrogen and oxygen atoms in total. The summed E-state index contributed by atoms with van der Waals surface area (Å²) >= 11 is 0. The van der Waals surface area contributed by atoms with Crippen molar-refractivity contribution in [2.75, 3.05) is 13.7 Å². The van der Waals surface area contributed by atoms with Crippen LogP contribution in [0.1, 0.15) is 44.9 Å². The van der Waals surface area contributed by atoms with Crippen LogP contribution in [0.3, 0.4) is 0 Å². The first kappa shape index (κ1) is 11.7. The molecule has 4 unspecified atom stereocenters. The van der Waals surface area contributed by atoms with Crippen LogP contribution in [0.25, 0.3) is 0 Å². The van der Waals surface area contributed by atoms with E-state index in [0.717, 1.165) is 36.7 Å². The van der Waals surface area contributed by atoms with Crippen LogP contribution in [0.2, 0.25) is 0 Å². The minimum absolute atomic E-state index is 0.583. The zero-order valence-corrected chi connectivity index (χ0v) is 11.5. The van der Waals surface area contributed by atoms with E-state index < -0.39 is 0 Å². The highest BCUT2D eigenvalue weighted by Crippen LogP contribution is 2.45. The van der Waals surface area contributed by atoms with Crippen molar-refractivity contribution >= 4 is 0 Å². The zero-order chi connectivity index (χ0) is 12.1. The smallest absolute Gasteiger partial charge is 0.0759 e. The van der Waals surface area contributed by atoms with Crippen LogP contribution < -0.4 is 5.32 Å². The zero-order valence-electron chi connectivity index (χ0n) is 11.5. The lowest BCUT2D eigenvalue weighted by Gasteiger charge is -2.43. The molecule has 2 bridgehead atoms. The quantitative estimate of drug-likeness (QED) is 0.826. The van der Waals surface area contributed by atoms with E-state index in [-0.39, 0.29) is 0 Å². The van der Waals surface area contributed by atoms with E-state index in [1.54, 1.807) is 0 Å². The summed E-state index contributed by atoms with van der Waals surface area (Å²) in [5.41, 5.74) is 0. The van der Waals surface area contributed by atoms with Gasteiger partial charge in [0.2, 0.25) is 0 Å². The third kappa shape index (κ3) is 1.83. The van der Waals surface area contributed by atoms with Crippen LogP contribution >= 0.6 is 0 Å². The van der Waals surface area contributed by atoms with Crippen molar-refractivity contribution in [1.82, 2.24) is 10.2 Å². The maximum atomic E-state index is 6.06. The second kappa shape index (κ2) is 4.46. The van der Waals surface area contributed by atoms with Gasteiger partial charge in [0, 0.05) is 30.8 Å². The largest absolute Gasteiger partial charge is 0.376 e. The molecule has 0 aromatic rings. The molecule has 3 aliphatic heterocycles. The van der Waals surface area contributed by atoms with Crippen molar-refractivity contribution in [2.24, 2.45) is 5.92 Å². The van der Waals surface area contributed by atoms with Gasteiger partial charge in [-0.25, -0.2) is 0 Å². The standard InChI is InChI=1S/C15H26N2O/c1-16-11-8-12-4-5-13(9-11)17(12)14-6-7-18-15(14)10-2-3-10/h10-16H,2-9H2,1H3. The number of piperidine rings is 1. The molecule has 0 aromatic heterocycles. The Labute approximate surface area is 110 Å². The van der Waals surface area contributed by atoms with E-state index in [0.29, 0.717) is 6.10 Å². The predicted molar refractivity (Wildman–Crippen MR) is 71.6 cm³/mol. The number of nitrogens with zero attached hydrogens (tertiary/aromatic N) is 1. The van der Waals surface area contributed by atoms with Gasteiger partial charge in [0.05, 0.1) is 6.10 Å². The highest BCUT2D eigenvalue weighted by Gasteiger charge is 2.50. The first-order valence-corrected chi connectivity index (χ1v) is 7.93. The molecule has 1 aliphatic carbocycles. The highest BCUT2D eigenvalue weighted by molar-refractivity contribution is 5.04. The monoisotopic (exact) mass is 250 g/mol. The van der Waals surface area contributed by atoms with Crippen LogP contribution in [-0.2, 0) is 4.74 Å². The van der Waals surface area contributed by atoms with E-state index in [9.17, 15) is 0 Å². The molecule has 1 N–H and O–H groups in total. The van der Waals surface area contributed by atoms with Crippen LogP contribution in [0.15, 0.2) is 0 Å². The van der Waals surface area contributed by atoms with E-state index in [1.165, 1.54) is 44.9 Å². The summed E-state index contributed by atoms with van der Waals surface area (Å²) in [6.07, 6.45) is 10.3. The maximum absolute atomic E-state index is 6.06. The summed E-state index contributed by atoms with van der Waals surface area (Å²) in [4.78, 5) is 2.89. The van der Waals surface area contributed by atoms with E-state index in [2.05, 4.69) is 17.3 Å². The van der Waals surface area contributed by atoms with Gasteiger partial charge >= 0.3 is 0 Å². The lowest BCUT2D eigenvalue weighted by molar-refractivity contribution is 0.00684. The number of nitrogens with one attached hydrogen (secondary N) is 1. The lowest BCUT2D eigenvalue weighted by Crippen LogP contribution is -2.55. The van der Waals surface area contributed by atoms with Crippen LogP contribution in [0.4, 0.5) is 0 Å². The molecule has 1 saturated carbocycles. The molecule has 4 aliphatic rings. The molecule has 3 saturated heterocycles. The summed E-state index contributed by atoms with van der Waals surface area (Å²) in [5.74, 6) is 0.902. The fraction of sp³-hybridized carbons (Fsp3) is 1.00. The molecule has 4 atom stereocenters. The number of ether oxygens (including phenoxy) is 1. The van der Waals surface area contributed by atoms with Crippen LogP contribution in [0, 0.1) is 5.92 Å². The molecule has 18 heavy (non-hydrogen) atoms. The number of fused-ring (bicyclic) bond motifs is 2. The molecule has 0 amide bonds. The van der Waals surface area contributed by atoms with Crippen molar-refractivity contribution in [3.8, 4) is 0 Å². The number of rotatable bonds is 3. The third-order valence-electron chi connectivity index (χ3n) is 5.77. The Kier molecular flexibility index (Phi) is 2.90. The van der Waals surface area contributed by atoms with E-state index in [1.807, 2.05) is 0 Å². The predicted octanol–water partition coefficient (Wildman–Crippen LogP) is 1.77. The van der Waals surface area contributed by atoms with Gasteiger partial charge in [-0.05, 0) is 57.9 Å². The van der Waals surface area contributed by atoms with Crippen molar-refractivity contribution in [2.45, 2.75) is 75.2 Å². The molecule has 0 aromatic carbocycles. The van der Waals surface area contributed by atoms with Gasteiger partial charge in [-0.15, -0.1) is 0 Å². The molecule has 0 radical (unpaired) electrons. The SMILES string of the molecule is CNC1CC2CCC(C1)N2C1CCOC1C1CC1. The number of hydrogen-bond donors (Lipinski definition) is 1. The Balaban J connectivity index is 1.51. The van der Waals surface area contributed by atoms with Gasteiger partial charge in [0.15, 0.2) is 0 Å². The highest BCUT2D eigenvalue weighted by atomic mass is 16.5. The molecule has 102 valence electrons. The first-order valence-electron chi connectivity index (χ1n) is 7.93. The second-order valence-corrected chi connectivity index (χ2v) is 6.82. The topological polar surface area (TPSA) is 24.5 Å². The minimum Gasteiger partial charge on any atom is -0.376 e. The van der Waals surface area contributed by atoms with Gasteiger partial charge in [0.1, 0.15) is 0 Å². The summed E-state index contributed by atoms with van der Waals surface area (Å²) < 4.78 is 6.06. The van der Waals surface area contributed by atoms with Crippen LogP contribution in [0.5, 0.6) is 0 Å². The fourth-order valence-corrected chi connectivity index (χ4v) is 4.78. The Hall–Kier alpha value is -0.120. The third-order valence-corrected chi connectivity index (χ3v) is 5.77. The van der Waals surface area contributed by atoms with Crippen molar-refractivity contribution in [3.63, 3.8) is 0 Å². The maximum Gasteiger partial charge on any atom is 0.0759 e. The Morgan fingerprint density at radius 3 is 2.33 bits per heavy atom. The van der Waals surface area contributed by atoms with Gasteiger partial charge in [-0.2, -0.15) is 0 Å². The Morgan fingerprint density at radius 2 is 1.72 bits per heavy atom. The second-order valence-electron chi connectivity index (χ2n) is 6.82. The molecule has 0 spiro atoms. The van der Waals surface area contributed by atoms with Gasteiger partial charge in [0.25, 0.3) is 0 Å². The first-order chi connectivity index (χ1) is 8.86. The molecule has 4 rings (SSSR count). The minimum atomic E-state index is 0.583. The van der Waals surface area contributed by atoms with Crippen LogP contribution in [-0.4, -0.2) is 48.8 Å². The normalized spacial score (nSPS) is 48.8. The van der Waals surface area contributed by atoms with Crippen molar-refractivity contribution in [1.29, 1.82) is 0 Å². The Morgan fingerprint density at radius 1 is 1.00 bits per heavy atom. The molecular formula is C15H26N2O. The van der Waals surface area contributed by atoms with E-state index in [4.69, 9.17) is 4.74 Å². The summed E-state index contributed by atoms with van der Waals surface area (Å²) in [6, 6.07) is 3.21. The number of hydrogen-bond acceptors (Lipinski definition) is 3. The summed E-state index contributed by atoms with van der Waals surface area (Å²) in [6.45, 7) is 1.01. The van der Waals surface area contributed by atoms with Gasteiger partial charge in [-0.1, -0.05) is 0 Å². The molecule has 3 heteroatoms. The van der Waals surface area contributed by atoms with E-state index >= 15 is 0 Å². The average Bonchev–Trinajstić information content (AvgIpc) is 3.07. The van der Waals surface area contributed by atoms with Crippen molar-refractivity contribution < 1.29 is 4.74 Å². The summed E-state index contributed by atoms with van der Waals surface area (Å²) in [5, 5.41) is 3.50. The Bertz CT molecular complexity index is 304.